The molecule has 122 valence electrons. The van der Waals surface area contributed by atoms with E-state index in [0.717, 1.165) is 10.2 Å². The molecule has 0 aliphatic carbocycles. The molecule has 0 aromatic carbocycles. The van der Waals surface area contributed by atoms with E-state index in [9.17, 15) is 13.2 Å². The predicted molar refractivity (Wildman–Crippen MR) is 72.3 cm³/mol. The Hall–Kier alpha value is -1.90. The number of hydrogen-bond acceptors (Lipinski definition) is 4. The summed E-state index contributed by atoms with van der Waals surface area (Å²) in [5.74, 6) is 0.694. The fraction of sp³-hybridized carbons (Fsp3) is 0.615. The topological polar surface area (TPSA) is 57.8 Å². The van der Waals surface area contributed by atoms with Crippen molar-refractivity contribution in [1.29, 1.82) is 0 Å². The Balaban J connectivity index is 2.10. The molecule has 2 aromatic rings. The van der Waals surface area contributed by atoms with E-state index in [1.807, 2.05) is 6.20 Å². The molecule has 0 saturated carbocycles. The van der Waals surface area contributed by atoms with Crippen molar-refractivity contribution in [3.05, 3.63) is 29.6 Å². The normalized spacial score (nSPS) is 12.0. The minimum Gasteiger partial charge on any atom is -0.384 e. The lowest BCUT2D eigenvalue weighted by Crippen LogP contribution is -2.21. The van der Waals surface area contributed by atoms with Gasteiger partial charge in [0.05, 0.1) is 12.8 Å². The Labute approximate surface area is 125 Å². The van der Waals surface area contributed by atoms with E-state index < -0.39 is 12.7 Å². The van der Waals surface area contributed by atoms with E-state index in [2.05, 4.69) is 15.2 Å². The van der Waals surface area contributed by atoms with Crippen molar-refractivity contribution < 1.29 is 17.9 Å². The van der Waals surface area contributed by atoms with E-state index >= 15 is 0 Å². The maximum Gasteiger partial charge on any atom is 0.408 e. The zero-order valence-electron chi connectivity index (χ0n) is 12.5. The number of halogens is 3. The first-order chi connectivity index (χ1) is 10.4. The largest absolute Gasteiger partial charge is 0.408 e. The molecule has 2 heterocycles. The van der Waals surface area contributed by atoms with Crippen LogP contribution in [0.25, 0.3) is 0 Å². The van der Waals surface area contributed by atoms with Crippen LogP contribution < -0.4 is 0 Å². The predicted octanol–water partition coefficient (Wildman–Crippen LogP) is 1.55. The van der Waals surface area contributed by atoms with Crippen LogP contribution >= 0.6 is 0 Å². The van der Waals surface area contributed by atoms with Crippen LogP contribution in [0.4, 0.5) is 13.2 Å². The van der Waals surface area contributed by atoms with Crippen LogP contribution in [0.3, 0.4) is 0 Å². The van der Waals surface area contributed by atoms with Crippen LogP contribution in [0.5, 0.6) is 0 Å². The van der Waals surface area contributed by atoms with Gasteiger partial charge in [0, 0.05) is 33.2 Å². The summed E-state index contributed by atoms with van der Waals surface area (Å²) < 4.78 is 45.4. The van der Waals surface area contributed by atoms with Gasteiger partial charge in [0.25, 0.3) is 0 Å². The molecule has 9 heteroatoms. The van der Waals surface area contributed by atoms with Gasteiger partial charge in [0.2, 0.25) is 0 Å². The SMILES string of the molecule is COCCc1nc(CCc2cnn(C)c2)n(CC(F)(F)F)n1. The van der Waals surface area contributed by atoms with E-state index in [0.29, 0.717) is 37.5 Å². The molecule has 22 heavy (non-hydrogen) atoms. The van der Waals surface area contributed by atoms with Gasteiger partial charge >= 0.3 is 6.18 Å². The average molecular weight is 317 g/mol. The second-order valence-electron chi connectivity index (χ2n) is 4.98. The number of methoxy groups -OCH3 is 1. The summed E-state index contributed by atoms with van der Waals surface area (Å²) in [5.41, 5.74) is 0.947. The molecule has 2 aromatic heterocycles. The van der Waals surface area contributed by atoms with Crippen molar-refractivity contribution in [2.75, 3.05) is 13.7 Å². The number of nitrogens with zero attached hydrogens (tertiary/aromatic N) is 5. The summed E-state index contributed by atoms with van der Waals surface area (Å²) in [6.07, 6.45) is 0.527. The molecule has 0 aliphatic rings. The van der Waals surface area contributed by atoms with E-state index in [4.69, 9.17) is 4.74 Å². The van der Waals surface area contributed by atoms with Gasteiger partial charge in [-0.3, -0.25) is 4.68 Å². The van der Waals surface area contributed by atoms with Gasteiger partial charge in [-0.25, -0.2) is 9.67 Å². The first-order valence-electron chi connectivity index (χ1n) is 6.83. The highest BCUT2D eigenvalue weighted by Crippen LogP contribution is 2.18. The third-order valence-corrected chi connectivity index (χ3v) is 3.05. The highest BCUT2D eigenvalue weighted by atomic mass is 19.4. The Morgan fingerprint density at radius 1 is 1.23 bits per heavy atom. The van der Waals surface area contributed by atoms with E-state index in [1.165, 1.54) is 7.11 Å². The Kier molecular flexibility index (Phi) is 5.17. The highest BCUT2D eigenvalue weighted by Gasteiger charge is 2.30. The molecule has 0 spiro atoms. The van der Waals surface area contributed by atoms with Crippen molar-refractivity contribution in [2.45, 2.75) is 32.0 Å². The molecule has 0 amide bonds. The fourth-order valence-electron chi connectivity index (χ4n) is 2.06. The van der Waals surface area contributed by atoms with Crippen LogP contribution in [0.1, 0.15) is 17.2 Å². The Bertz CT molecular complexity index is 605. The number of hydrogen-bond donors (Lipinski definition) is 0. The number of aromatic nitrogens is 5. The average Bonchev–Trinajstić information content (AvgIpc) is 2.99. The molecular weight excluding hydrogens is 299 g/mol. The molecule has 0 fully saturated rings. The first-order valence-corrected chi connectivity index (χ1v) is 6.83. The van der Waals surface area contributed by atoms with Gasteiger partial charge in [0.1, 0.15) is 12.4 Å². The second-order valence-corrected chi connectivity index (χ2v) is 4.98. The van der Waals surface area contributed by atoms with Crippen LogP contribution in [-0.2, 0) is 37.6 Å². The lowest BCUT2D eigenvalue weighted by atomic mass is 10.2. The lowest BCUT2D eigenvalue weighted by Gasteiger charge is -2.08. The van der Waals surface area contributed by atoms with Gasteiger partial charge < -0.3 is 4.74 Å². The maximum absolute atomic E-state index is 12.6. The highest BCUT2D eigenvalue weighted by molar-refractivity contribution is 5.06. The van der Waals surface area contributed by atoms with Crippen LogP contribution in [0.2, 0.25) is 0 Å². The molecule has 0 bridgehead atoms. The number of aryl methyl sites for hydroxylation is 3. The van der Waals surface area contributed by atoms with Crippen LogP contribution in [0, 0.1) is 0 Å². The zero-order valence-corrected chi connectivity index (χ0v) is 12.5. The van der Waals surface area contributed by atoms with Gasteiger partial charge in [0.15, 0.2) is 5.82 Å². The van der Waals surface area contributed by atoms with Crippen molar-refractivity contribution in [1.82, 2.24) is 24.5 Å². The second kappa shape index (κ2) is 6.91. The molecule has 0 unspecified atom stereocenters. The molecule has 0 radical (unpaired) electrons. The molecule has 0 atom stereocenters. The number of alkyl halides is 3. The van der Waals surface area contributed by atoms with Gasteiger partial charge in [-0.2, -0.15) is 23.4 Å². The molecule has 2 rings (SSSR count). The monoisotopic (exact) mass is 317 g/mol. The minimum absolute atomic E-state index is 0.326. The van der Waals surface area contributed by atoms with Crippen LogP contribution in [0.15, 0.2) is 12.4 Å². The van der Waals surface area contributed by atoms with E-state index in [1.54, 1.807) is 17.9 Å². The van der Waals surface area contributed by atoms with Gasteiger partial charge in [-0.05, 0) is 12.0 Å². The van der Waals surface area contributed by atoms with Gasteiger partial charge in [-0.15, -0.1) is 0 Å². The summed E-state index contributed by atoms with van der Waals surface area (Å²) in [7, 11) is 3.31. The van der Waals surface area contributed by atoms with Crippen molar-refractivity contribution in [3.8, 4) is 0 Å². The first kappa shape index (κ1) is 16.5. The molecule has 0 saturated heterocycles. The van der Waals surface area contributed by atoms with Crippen molar-refractivity contribution in [2.24, 2.45) is 7.05 Å². The summed E-state index contributed by atoms with van der Waals surface area (Å²) in [4.78, 5) is 4.20. The summed E-state index contributed by atoms with van der Waals surface area (Å²) >= 11 is 0. The Morgan fingerprint density at radius 2 is 2.00 bits per heavy atom. The van der Waals surface area contributed by atoms with Crippen molar-refractivity contribution >= 4 is 0 Å². The quantitative estimate of drug-likeness (QED) is 0.777. The third kappa shape index (κ3) is 4.83. The molecule has 0 N–H and O–H groups in total. The van der Waals surface area contributed by atoms with Crippen LogP contribution in [-0.4, -0.2) is 44.4 Å². The smallest absolute Gasteiger partial charge is 0.384 e. The third-order valence-electron chi connectivity index (χ3n) is 3.05. The van der Waals surface area contributed by atoms with E-state index in [-0.39, 0.29) is 0 Å². The fourth-order valence-corrected chi connectivity index (χ4v) is 2.06. The molecular formula is C13H18F3N5O. The standard InChI is InChI=1S/C13H18F3N5O/c1-20-8-10(7-17-20)3-4-12-18-11(5-6-22-2)19-21(12)9-13(14,15)16/h7-8H,3-6,9H2,1-2H3. The zero-order chi connectivity index (χ0) is 16.2. The Morgan fingerprint density at radius 3 is 2.59 bits per heavy atom. The number of rotatable bonds is 7. The van der Waals surface area contributed by atoms with Crippen molar-refractivity contribution in [3.63, 3.8) is 0 Å². The summed E-state index contributed by atoms with van der Waals surface area (Å²) in [5, 5.41) is 7.97. The maximum atomic E-state index is 12.6. The molecule has 6 nitrogen and oxygen atoms in total. The summed E-state index contributed by atoms with van der Waals surface area (Å²) in [6.45, 7) is -0.757. The lowest BCUT2D eigenvalue weighted by molar-refractivity contribution is -0.143. The minimum atomic E-state index is -4.32. The molecule has 0 aliphatic heterocycles. The summed E-state index contributed by atoms with van der Waals surface area (Å²) in [6, 6.07) is 0. The number of ether oxygens (including phenoxy) is 1. The van der Waals surface area contributed by atoms with Gasteiger partial charge in [-0.1, -0.05) is 0 Å².